The summed E-state index contributed by atoms with van der Waals surface area (Å²) in [6.45, 7) is 4.62. The normalized spacial score (nSPS) is 10.1. The molecule has 1 aromatic rings. The quantitative estimate of drug-likeness (QED) is 0.561. The summed E-state index contributed by atoms with van der Waals surface area (Å²) in [6.07, 6.45) is 0. The lowest BCUT2D eigenvalue weighted by Gasteiger charge is -2.07. The number of ether oxygens (including phenoxy) is 2. The third kappa shape index (κ3) is 3.36. The van der Waals surface area contributed by atoms with E-state index in [2.05, 4.69) is 0 Å². The molecule has 0 radical (unpaired) electrons. The van der Waals surface area contributed by atoms with E-state index in [1.165, 1.54) is 0 Å². The summed E-state index contributed by atoms with van der Waals surface area (Å²) >= 11 is 0. The van der Waals surface area contributed by atoms with Gasteiger partial charge in [0.2, 0.25) is 0 Å². The van der Waals surface area contributed by atoms with Crippen molar-refractivity contribution in [2.45, 2.75) is 13.8 Å². The Bertz CT molecular complexity index is 345. The lowest BCUT2D eigenvalue weighted by molar-refractivity contribution is 0.0387. The first-order valence-corrected chi connectivity index (χ1v) is 4.88. The minimum absolute atomic E-state index is 0.287. The molecule has 0 unspecified atom stereocenters. The molecule has 0 heterocycles. The summed E-state index contributed by atoms with van der Waals surface area (Å²) in [5, 5.41) is 0. The first-order valence-electron chi connectivity index (χ1n) is 4.88. The Labute approximate surface area is 90.0 Å². The summed E-state index contributed by atoms with van der Waals surface area (Å²) in [5.74, 6) is -0.287. The number of rotatable bonds is 4. The van der Waals surface area contributed by atoms with Crippen LogP contribution >= 0.6 is 0 Å². The van der Waals surface area contributed by atoms with E-state index in [1.807, 2.05) is 26.0 Å². The highest BCUT2D eigenvalue weighted by Crippen LogP contribution is 2.11. The van der Waals surface area contributed by atoms with Gasteiger partial charge in [0.25, 0.3) is 0 Å². The number of benzene rings is 1. The zero-order valence-corrected chi connectivity index (χ0v) is 9.37. The van der Waals surface area contributed by atoms with Crippen molar-refractivity contribution in [3.63, 3.8) is 0 Å². The van der Waals surface area contributed by atoms with Crippen LogP contribution in [0.2, 0.25) is 0 Å². The SMILES string of the molecule is COCCOC(=O)c1ccc(C)cc1C. The van der Waals surface area contributed by atoms with E-state index < -0.39 is 0 Å². The molecule has 0 atom stereocenters. The van der Waals surface area contributed by atoms with Crippen LogP contribution in [-0.4, -0.2) is 26.3 Å². The van der Waals surface area contributed by atoms with Crippen molar-refractivity contribution in [3.8, 4) is 0 Å². The standard InChI is InChI=1S/C12H16O3/c1-9-4-5-11(10(2)8-9)12(13)15-7-6-14-3/h4-5,8H,6-7H2,1-3H3. The Morgan fingerprint density at radius 2 is 2.00 bits per heavy atom. The Hall–Kier alpha value is -1.35. The summed E-state index contributed by atoms with van der Waals surface area (Å²) < 4.78 is 9.83. The molecule has 1 rings (SSSR count). The molecular formula is C12H16O3. The van der Waals surface area contributed by atoms with Crippen LogP contribution in [0.4, 0.5) is 0 Å². The maximum atomic E-state index is 11.6. The van der Waals surface area contributed by atoms with Crippen LogP contribution in [0.25, 0.3) is 0 Å². The van der Waals surface area contributed by atoms with Gasteiger partial charge in [-0.15, -0.1) is 0 Å². The van der Waals surface area contributed by atoms with Gasteiger partial charge in [0.05, 0.1) is 12.2 Å². The van der Waals surface area contributed by atoms with Crippen molar-refractivity contribution >= 4 is 5.97 Å². The topological polar surface area (TPSA) is 35.5 Å². The molecule has 3 nitrogen and oxygen atoms in total. The van der Waals surface area contributed by atoms with Crippen molar-refractivity contribution in [1.82, 2.24) is 0 Å². The van der Waals surface area contributed by atoms with E-state index in [0.717, 1.165) is 11.1 Å². The Morgan fingerprint density at radius 3 is 2.60 bits per heavy atom. The first kappa shape index (κ1) is 11.7. The summed E-state index contributed by atoms with van der Waals surface area (Å²) in [6, 6.07) is 5.66. The average Bonchev–Trinajstić information content (AvgIpc) is 2.17. The van der Waals surface area contributed by atoms with Gasteiger partial charge in [-0.3, -0.25) is 0 Å². The van der Waals surface area contributed by atoms with Crippen molar-refractivity contribution in [3.05, 3.63) is 34.9 Å². The molecule has 0 saturated carbocycles. The highest BCUT2D eigenvalue weighted by Gasteiger charge is 2.09. The van der Waals surface area contributed by atoms with Gasteiger partial charge < -0.3 is 9.47 Å². The molecule has 15 heavy (non-hydrogen) atoms. The smallest absolute Gasteiger partial charge is 0.338 e. The molecule has 0 aliphatic carbocycles. The molecule has 1 aromatic carbocycles. The predicted molar refractivity (Wildman–Crippen MR) is 58.1 cm³/mol. The second-order valence-corrected chi connectivity index (χ2v) is 3.45. The van der Waals surface area contributed by atoms with Gasteiger partial charge in [-0.1, -0.05) is 17.7 Å². The molecule has 0 aliphatic rings. The second-order valence-electron chi connectivity index (χ2n) is 3.45. The fraction of sp³-hybridized carbons (Fsp3) is 0.417. The van der Waals surface area contributed by atoms with Gasteiger partial charge in [-0.25, -0.2) is 4.79 Å². The molecule has 0 spiro atoms. The number of carbonyl (C=O) groups is 1. The number of methoxy groups -OCH3 is 1. The van der Waals surface area contributed by atoms with Gasteiger partial charge in [0.1, 0.15) is 6.61 Å². The van der Waals surface area contributed by atoms with Crippen LogP contribution in [-0.2, 0) is 9.47 Å². The number of esters is 1. The molecule has 0 amide bonds. The lowest BCUT2D eigenvalue weighted by atomic mass is 10.1. The molecule has 0 fully saturated rings. The van der Waals surface area contributed by atoms with Crippen LogP contribution in [0.15, 0.2) is 18.2 Å². The summed E-state index contributed by atoms with van der Waals surface area (Å²) in [4.78, 5) is 11.6. The monoisotopic (exact) mass is 208 g/mol. The maximum Gasteiger partial charge on any atom is 0.338 e. The Balaban J connectivity index is 2.65. The third-order valence-electron chi connectivity index (χ3n) is 2.12. The first-order chi connectivity index (χ1) is 7.15. The zero-order chi connectivity index (χ0) is 11.3. The van der Waals surface area contributed by atoms with Crippen LogP contribution < -0.4 is 0 Å². The Morgan fingerprint density at radius 1 is 1.27 bits per heavy atom. The maximum absolute atomic E-state index is 11.6. The van der Waals surface area contributed by atoms with Gasteiger partial charge >= 0.3 is 5.97 Å². The number of carbonyl (C=O) groups excluding carboxylic acids is 1. The van der Waals surface area contributed by atoms with Gasteiger partial charge in [0.15, 0.2) is 0 Å². The van der Waals surface area contributed by atoms with Gasteiger partial charge in [0, 0.05) is 7.11 Å². The van der Waals surface area contributed by atoms with Crippen LogP contribution in [0.3, 0.4) is 0 Å². The van der Waals surface area contributed by atoms with Gasteiger partial charge in [-0.2, -0.15) is 0 Å². The van der Waals surface area contributed by atoms with E-state index in [9.17, 15) is 4.79 Å². The van der Waals surface area contributed by atoms with E-state index in [-0.39, 0.29) is 5.97 Å². The predicted octanol–water partition coefficient (Wildman–Crippen LogP) is 2.11. The van der Waals surface area contributed by atoms with Crippen molar-refractivity contribution in [2.24, 2.45) is 0 Å². The highest BCUT2D eigenvalue weighted by molar-refractivity contribution is 5.91. The Kier molecular flexibility index (Phi) is 4.31. The van der Waals surface area contributed by atoms with Crippen molar-refractivity contribution < 1.29 is 14.3 Å². The summed E-state index contributed by atoms with van der Waals surface area (Å²) in [5.41, 5.74) is 2.70. The van der Waals surface area contributed by atoms with Gasteiger partial charge in [-0.05, 0) is 25.5 Å². The van der Waals surface area contributed by atoms with E-state index >= 15 is 0 Å². The number of aryl methyl sites for hydroxylation is 2. The fourth-order valence-corrected chi connectivity index (χ4v) is 1.34. The molecule has 0 aromatic heterocycles. The number of hydrogen-bond donors (Lipinski definition) is 0. The second kappa shape index (κ2) is 5.51. The zero-order valence-electron chi connectivity index (χ0n) is 9.37. The minimum Gasteiger partial charge on any atom is -0.460 e. The van der Waals surface area contributed by atoms with Crippen molar-refractivity contribution in [2.75, 3.05) is 20.3 Å². The van der Waals surface area contributed by atoms with Crippen LogP contribution in [0.5, 0.6) is 0 Å². The van der Waals surface area contributed by atoms with E-state index in [4.69, 9.17) is 9.47 Å². The molecule has 82 valence electrons. The molecule has 0 bridgehead atoms. The van der Waals surface area contributed by atoms with Crippen molar-refractivity contribution in [1.29, 1.82) is 0 Å². The summed E-state index contributed by atoms with van der Waals surface area (Å²) in [7, 11) is 1.57. The molecule has 3 heteroatoms. The molecular weight excluding hydrogens is 192 g/mol. The molecule has 0 saturated heterocycles. The fourth-order valence-electron chi connectivity index (χ4n) is 1.34. The average molecular weight is 208 g/mol. The third-order valence-corrected chi connectivity index (χ3v) is 2.12. The van der Waals surface area contributed by atoms with E-state index in [0.29, 0.717) is 18.8 Å². The minimum atomic E-state index is -0.287. The van der Waals surface area contributed by atoms with Crippen LogP contribution in [0, 0.1) is 13.8 Å². The largest absolute Gasteiger partial charge is 0.460 e. The van der Waals surface area contributed by atoms with Crippen LogP contribution in [0.1, 0.15) is 21.5 Å². The lowest BCUT2D eigenvalue weighted by Crippen LogP contribution is -2.11. The number of hydrogen-bond acceptors (Lipinski definition) is 3. The highest BCUT2D eigenvalue weighted by atomic mass is 16.6. The molecule has 0 N–H and O–H groups in total. The molecule has 0 aliphatic heterocycles. The van der Waals surface area contributed by atoms with E-state index in [1.54, 1.807) is 13.2 Å².